The SMILES string of the molecule is CCOC(=O)Cc1csc(NN=Cc2cc(I)c(F)c(I)c2)n1. The highest BCUT2D eigenvalue weighted by atomic mass is 127. The summed E-state index contributed by atoms with van der Waals surface area (Å²) < 4.78 is 19.5. The Kier molecular flexibility index (Phi) is 7.14. The van der Waals surface area contributed by atoms with Gasteiger partial charge in [0, 0.05) is 5.38 Å². The van der Waals surface area contributed by atoms with E-state index in [2.05, 4.69) is 15.5 Å². The fourth-order valence-corrected chi connectivity index (χ4v) is 4.09. The second kappa shape index (κ2) is 8.87. The highest BCUT2D eigenvalue weighted by molar-refractivity contribution is 14.1. The Labute approximate surface area is 164 Å². The van der Waals surface area contributed by atoms with Gasteiger partial charge in [0.25, 0.3) is 0 Å². The fourth-order valence-electron chi connectivity index (χ4n) is 1.61. The number of benzene rings is 1. The van der Waals surface area contributed by atoms with E-state index in [9.17, 15) is 9.18 Å². The predicted octanol–water partition coefficient (Wildman–Crippen LogP) is 4.04. The molecule has 2 aromatic rings. The first kappa shape index (κ1) is 18.5. The minimum Gasteiger partial charge on any atom is -0.466 e. The van der Waals surface area contributed by atoms with Gasteiger partial charge in [-0.2, -0.15) is 5.10 Å². The maximum Gasteiger partial charge on any atom is 0.311 e. The molecule has 0 amide bonds. The van der Waals surface area contributed by atoms with E-state index in [0.29, 0.717) is 24.6 Å². The molecule has 0 radical (unpaired) electrons. The van der Waals surface area contributed by atoms with Crippen LogP contribution in [0.15, 0.2) is 22.6 Å². The van der Waals surface area contributed by atoms with E-state index in [1.807, 2.05) is 45.2 Å². The van der Waals surface area contributed by atoms with Crippen molar-refractivity contribution >= 4 is 73.8 Å². The summed E-state index contributed by atoms with van der Waals surface area (Å²) in [5.41, 5.74) is 4.22. The van der Waals surface area contributed by atoms with Crippen LogP contribution in [0.3, 0.4) is 0 Å². The van der Waals surface area contributed by atoms with Gasteiger partial charge in [-0.3, -0.25) is 10.2 Å². The van der Waals surface area contributed by atoms with Crippen molar-refractivity contribution in [3.63, 3.8) is 0 Å². The molecule has 1 aromatic heterocycles. The lowest BCUT2D eigenvalue weighted by molar-refractivity contribution is -0.142. The van der Waals surface area contributed by atoms with Crippen LogP contribution in [-0.4, -0.2) is 23.8 Å². The molecule has 122 valence electrons. The molecule has 0 unspecified atom stereocenters. The summed E-state index contributed by atoms with van der Waals surface area (Å²) in [5, 5.41) is 6.43. The van der Waals surface area contributed by atoms with Gasteiger partial charge in [-0.1, -0.05) is 0 Å². The molecule has 0 spiro atoms. The molecule has 2 rings (SSSR count). The van der Waals surface area contributed by atoms with Gasteiger partial charge >= 0.3 is 5.97 Å². The molecule has 9 heteroatoms. The quantitative estimate of drug-likeness (QED) is 0.191. The van der Waals surface area contributed by atoms with E-state index in [4.69, 9.17) is 4.74 Å². The number of nitrogens with one attached hydrogen (secondary N) is 1. The molecule has 1 aromatic carbocycles. The van der Waals surface area contributed by atoms with Crippen LogP contribution in [0.1, 0.15) is 18.2 Å². The molecule has 0 bridgehead atoms. The second-order valence-corrected chi connectivity index (χ2v) is 7.48. The summed E-state index contributed by atoms with van der Waals surface area (Å²) in [6.45, 7) is 2.12. The van der Waals surface area contributed by atoms with Crippen LogP contribution < -0.4 is 5.43 Å². The lowest BCUT2D eigenvalue weighted by atomic mass is 10.2. The normalized spacial score (nSPS) is 11.0. The molecule has 1 N–H and O–H groups in total. The van der Waals surface area contributed by atoms with Gasteiger partial charge < -0.3 is 4.74 Å². The highest BCUT2D eigenvalue weighted by Crippen LogP contribution is 2.19. The van der Waals surface area contributed by atoms with Crippen molar-refractivity contribution < 1.29 is 13.9 Å². The van der Waals surface area contributed by atoms with Crippen LogP contribution in [0, 0.1) is 13.0 Å². The number of carbonyl (C=O) groups is 1. The van der Waals surface area contributed by atoms with Crippen molar-refractivity contribution in [3.8, 4) is 0 Å². The smallest absolute Gasteiger partial charge is 0.311 e. The van der Waals surface area contributed by atoms with Gasteiger partial charge in [0.15, 0.2) is 0 Å². The van der Waals surface area contributed by atoms with Crippen molar-refractivity contribution in [2.75, 3.05) is 12.0 Å². The largest absolute Gasteiger partial charge is 0.466 e. The molecule has 23 heavy (non-hydrogen) atoms. The van der Waals surface area contributed by atoms with Gasteiger partial charge in [-0.15, -0.1) is 11.3 Å². The number of hydrogen-bond donors (Lipinski definition) is 1. The third-order valence-corrected chi connectivity index (χ3v) is 4.93. The molecule has 0 atom stereocenters. The summed E-state index contributed by atoms with van der Waals surface area (Å²) >= 11 is 5.23. The summed E-state index contributed by atoms with van der Waals surface area (Å²) in [5.74, 6) is -0.525. The first-order valence-corrected chi connectivity index (χ1v) is 9.57. The van der Waals surface area contributed by atoms with Crippen LogP contribution in [-0.2, 0) is 16.0 Å². The summed E-state index contributed by atoms with van der Waals surface area (Å²) in [4.78, 5) is 15.6. The second-order valence-electron chi connectivity index (χ2n) is 4.29. The van der Waals surface area contributed by atoms with E-state index in [1.54, 1.807) is 30.7 Å². The molecule has 0 aliphatic carbocycles. The zero-order valence-corrected chi connectivity index (χ0v) is 17.1. The van der Waals surface area contributed by atoms with Crippen molar-refractivity contribution in [2.45, 2.75) is 13.3 Å². The molecule has 1 heterocycles. The number of nitrogens with zero attached hydrogens (tertiary/aromatic N) is 2. The van der Waals surface area contributed by atoms with Crippen molar-refractivity contribution in [1.29, 1.82) is 0 Å². The number of aromatic nitrogens is 1. The molecule has 0 aliphatic rings. The standard InChI is InChI=1S/C14H12FI2N3O2S/c1-2-22-12(21)5-9-7-23-14(19-9)20-18-6-8-3-10(16)13(15)11(17)4-8/h3-4,6-7H,2,5H2,1H3,(H,19,20). The lowest BCUT2D eigenvalue weighted by Gasteiger charge is -2.00. The number of ether oxygens (including phenoxy) is 1. The maximum atomic E-state index is 13.5. The Morgan fingerprint density at radius 3 is 2.83 bits per heavy atom. The number of esters is 1. The topological polar surface area (TPSA) is 63.6 Å². The van der Waals surface area contributed by atoms with Gasteiger partial charge in [-0.05, 0) is 69.8 Å². The van der Waals surface area contributed by atoms with Gasteiger partial charge in [0.05, 0.1) is 32.1 Å². The van der Waals surface area contributed by atoms with Crippen molar-refractivity contribution in [2.24, 2.45) is 5.10 Å². The number of hydrogen-bond acceptors (Lipinski definition) is 6. The Balaban J connectivity index is 1.96. The van der Waals surface area contributed by atoms with Crippen LogP contribution in [0.25, 0.3) is 0 Å². The van der Waals surface area contributed by atoms with Crippen LogP contribution in [0.4, 0.5) is 9.52 Å². The van der Waals surface area contributed by atoms with E-state index < -0.39 is 0 Å². The zero-order chi connectivity index (χ0) is 16.8. The van der Waals surface area contributed by atoms with Crippen molar-refractivity contribution in [3.05, 3.63) is 41.7 Å². The summed E-state index contributed by atoms with van der Waals surface area (Å²) in [7, 11) is 0. The minimum atomic E-state index is -0.302. The average molecular weight is 559 g/mol. The molecule has 0 fully saturated rings. The van der Waals surface area contributed by atoms with Crippen molar-refractivity contribution in [1.82, 2.24) is 4.98 Å². The number of anilines is 1. The van der Waals surface area contributed by atoms with E-state index in [-0.39, 0.29) is 18.2 Å². The Morgan fingerprint density at radius 2 is 2.17 bits per heavy atom. The zero-order valence-electron chi connectivity index (χ0n) is 12.0. The van der Waals surface area contributed by atoms with Gasteiger partial charge in [-0.25, -0.2) is 9.37 Å². The Morgan fingerprint density at radius 1 is 1.48 bits per heavy atom. The monoisotopic (exact) mass is 559 g/mol. The molecule has 0 saturated heterocycles. The Hall–Kier alpha value is -0.820. The molecule has 0 aliphatic heterocycles. The van der Waals surface area contributed by atoms with Crippen LogP contribution >= 0.6 is 56.5 Å². The molecule has 5 nitrogen and oxygen atoms in total. The molecule has 0 saturated carbocycles. The third kappa shape index (κ3) is 5.64. The van der Waals surface area contributed by atoms with E-state index in [0.717, 1.165) is 5.56 Å². The van der Waals surface area contributed by atoms with E-state index in [1.165, 1.54) is 11.3 Å². The predicted molar refractivity (Wildman–Crippen MR) is 106 cm³/mol. The highest BCUT2D eigenvalue weighted by Gasteiger charge is 2.08. The van der Waals surface area contributed by atoms with Gasteiger partial charge in [0.1, 0.15) is 5.82 Å². The van der Waals surface area contributed by atoms with Gasteiger partial charge in [0.2, 0.25) is 5.13 Å². The number of halogens is 3. The minimum absolute atomic E-state index is 0.143. The first-order valence-electron chi connectivity index (χ1n) is 6.53. The van der Waals surface area contributed by atoms with Crippen LogP contribution in [0.2, 0.25) is 0 Å². The molecular weight excluding hydrogens is 547 g/mol. The average Bonchev–Trinajstić information content (AvgIpc) is 2.92. The summed E-state index contributed by atoms with van der Waals surface area (Å²) in [6, 6.07) is 3.41. The van der Waals surface area contributed by atoms with Crippen LogP contribution in [0.5, 0.6) is 0 Å². The third-order valence-electron chi connectivity index (χ3n) is 2.56. The molecular formula is C14H12FI2N3O2S. The number of thiazole rings is 1. The Bertz CT molecular complexity index is 714. The number of hydrazone groups is 1. The first-order chi connectivity index (χ1) is 11.0. The number of rotatable bonds is 6. The van der Waals surface area contributed by atoms with E-state index >= 15 is 0 Å². The summed E-state index contributed by atoms with van der Waals surface area (Å²) in [6.07, 6.45) is 1.74. The number of carbonyl (C=O) groups excluding carboxylic acids is 1. The maximum absolute atomic E-state index is 13.5. The lowest BCUT2D eigenvalue weighted by Crippen LogP contribution is -2.07. The fraction of sp³-hybridized carbons (Fsp3) is 0.214.